The van der Waals surface area contributed by atoms with Gasteiger partial charge in [-0.15, -0.1) is 11.6 Å². The van der Waals surface area contributed by atoms with Crippen molar-refractivity contribution in [3.05, 3.63) is 24.3 Å². The highest BCUT2D eigenvalue weighted by Crippen LogP contribution is 2.61. The molecule has 0 amide bonds. The fourth-order valence-corrected chi connectivity index (χ4v) is 4.69. The monoisotopic (exact) mass is 388 g/mol. The summed E-state index contributed by atoms with van der Waals surface area (Å²) < 4.78 is 5.63. The van der Waals surface area contributed by atoms with Gasteiger partial charge in [-0.25, -0.2) is 0 Å². The summed E-state index contributed by atoms with van der Waals surface area (Å²) in [6, 6.07) is 0. The van der Waals surface area contributed by atoms with E-state index in [2.05, 4.69) is 22.5 Å². The van der Waals surface area contributed by atoms with Gasteiger partial charge in [-0.3, -0.25) is 9.59 Å². The highest BCUT2D eigenvalue weighted by atomic mass is 79.9. The van der Waals surface area contributed by atoms with E-state index in [1.165, 1.54) is 6.92 Å². The number of hydrogen-bond donors (Lipinski definition) is 0. The first-order valence-corrected chi connectivity index (χ1v) is 8.66. The molecule has 0 aliphatic heterocycles. The maximum absolute atomic E-state index is 12.3. The van der Waals surface area contributed by atoms with E-state index in [0.717, 1.165) is 0 Å². The van der Waals surface area contributed by atoms with E-state index < -0.39 is 16.4 Å². The standard InChI is InChI=1S/C17H22BrClO3/c1-10-12(21)6-7-15(3,4)17(10)8-13(18)16(5,19)9-14(17)22-11(2)20/h6-7,13-14H,1,8-9H2,2-5H3/t13-,14-,16-,17?/m1/s1. The normalized spacial score (nSPS) is 40.8. The van der Waals surface area contributed by atoms with Crippen molar-refractivity contribution in [1.82, 2.24) is 0 Å². The molecule has 122 valence electrons. The number of ketones is 1. The van der Waals surface area contributed by atoms with E-state index in [4.69, 9.17) is 16.3 Å². The van der Waals surface area contributed by atoms with Crippen LogP contribution in [0.1, 0.15) is 40.5 Å². The number of rotatable bonds is 1. The molecule has 22 heavy (non-hydrogen) atoms. The van der Waals surface area contributed by atoms with Gasteiger partial charge in [0, 0.05) is 29.2 Å². The fraction of sp³-hybridized carbons (Fsp3) is 0.647. The Morgan fingerprint density at radius 3 is 2.55 bits per heavy atom. The average molecular weight is 390 g/mol. The molecule has 0 radical (unpaired) electrons. The zero-order valence-electron chi connectivity index (χ0n) is 13.4. The van der Waals surface area contributed by atoms with Crippen LogP contribution < -0.4 is 0 Å². The lowest BCUT2D eigenvalue weighted by molar-refractivity contribution is -0.162. The predicted molar refractivity (Wildman–Crippen MR) is 91.3 cm³/mol. The third kappa shape index (κ3) is 2.58. The summed E-state index contributed by atoms with van der Waals surface area (Å²) in [6.45, 7) is 11.5. The van der Waals surface area contributed by atoms with Crippen molar-refractivity contribution in [2.24, 2.45) is 10.8 Å². The Bertz CT molecular complexity index is 564. The lowest BCUT2D eigenvalue weighted by atomic mass is 9.50. The second-order valence-electron chi connectivity index (χ2n) is 7.12. The first-order chi connectivity index (χ1) is 9.94. The summed E-state index contributed by atoms with van der Waals surface area (Å²) in [4.78, 5) is 23.3. The molecule has 5 heteroatoms. The molecule has 1 spiro atoms. The molecule has 4 atom stereocenters. The Balaban J connectivity index is 2.60. The van der Waals surface area contributed by atoms with Crippen LogP contribution in [-0.4, -0.2) is 27.6 Å². The molecule has 0 N–H and O–H groups in total. The molecular weight excluding hydrogens is 368 g/mol. The molecule has 0 heterocycles. The molecule has 1 fully saturated rings. The van der Waals surface area contributed by atoms with E-state index in [-0.39, 0.29) is 22.0 Å². The molecule has 0 aromatic carbocycles. The maximum Gasteiger partial charge on any atom is 0.302 e. The zero-order chi connectivity index (χ0) is 16.9. The van der Waals surface area contributed by atoms with Gasteiger partial charge in [0.1, 0.15) is 6.10 Å². The number of ether oxygens (including phenoxy) is 1. The van der Waals surface area contributed by atoms with Gasteiger partial charge in [-0.1, -0.05) is 42.4 Å². The number of carbonyl (C=O) groups is 2. The maximum atomic E-state index is 12.3. The van der Waals surface area contributed by atoms with Crippen LogP contribution in [-0.2, 0) is 14.3 Å². The van der Waals surface area contributed by atoms with Gasteiger partial charge in [0.2, 0.25) is 0 Å². The number of hydrogen-bond acceptors (Lipinski definition) is 3. The van der Waals surface area contributed by atoms with E-state index in [0.29, 0.717) is 18.4 Å². The van der Waals surface area contributed by atoms with Gasteiger partial charge in [0.15, 0.2) is 5.78 Å². The minimum atomic E-state index is -0.646. The van der Waals surface area contributed by atoms with Crippen molar-refractivity contribution >= 4 is 39.3 Å². The van der Waals surface area contributed by atoms with Gasteiger partial charge in [-0.05, 0) is 24.8 Å². The fourth-order valence-electron chi connectivity index (χ4n) is 3.77. The Labute approximate surface area is 145 Å². The quantitative estimate of drug-likeness (QED) is 0.384. The largest absolute Gasteiger partial charge is 0.462 e. The van der Waals surface area contributed by atoms with E-state index in [1.807, 2.05) is 26.8 Å². The summed E-state index contributed by atoms with van der Waals surface area (Å²) in [7, 11) is 0. The lowest BCUT2D eigenvalue weighted by Gasteiger charge is -2.57. The minimum absolute atomic E-state index is 0.0104. The molecule has 1 unspecified atom stereocenters. The zero-order valence-corrected chi connectivity index (χ0v) is 15.8. The minimum Gasteiger partial charge on any atom is -0.462 e. The molecular formula is C17H22BrClO3. The van der Waals surface area contributed by atoms with Crippen molar-refractivity contribution < 1.29 is 14.3 Å². The molecule has 0 bridgehead atoms. The highest BCUT2D eigenvalue weighted by molar-refractivity contribution is 9.09. The summed E-state index contributed by atoms with van der Waals surface area (Å²) >= 11 is 10.3. The Kier molecular flexibility index (Phi) is 4.42. The van der Waals surface area contributed by atoms with Crippen LogP contribution in [0.3, 0.4) is 0 Å². The third-order valence-corrected chi connectivity index (χ3v) is 7.25. The highest BCUT2D eigenvalue weighted by Gasteiger charge is 2.62. The van der Waals surface area contributed by atoms with Crippen molar-refractivity contribution in [2.75, 3.05) is 0 Å². The van der Waals surface area contributed by atoms with Gasteiger partial charge in [0.25, 0.3) is 0 Å². The van der Waals surface area contributed by atoms with Crippen LogP contribution >= 0.6 is 27.5 Å². The van der Waals surface area contributed by atoms with Gasteiger partial charge in [-0.2, -0.15) is 0 Å². The Morgan fingerprint density at radius 1 is 1.41 bits per heavy atom. The SMILES string of the molecule is C=C1C(=O)C=CC(C)(C)C12C[C@@H](Br)[C@](C)(Cl)C[C@H]2OC(C)=O. The summed E-state index contributed by atoms with van der Waals surface area (Å²) in [5.41, 5.74) is -0.507. The Hall–Kier alpha value is -0.610. The molecule has 2 aliphatic carbocycles. The van der Waals surface area contributed by atoms with Gasteiger partial charge < -0.3 is 4.74 Å². The van der Waals surface area contributed by atoms with Crippen molar-refractivity contribution in [1.29, 1.82) is 0 Å². The van der Waals surface area contributed by atoms with Crippen molar-refractivity contribution in [2.45, 2.75) is 56.3 Å². The molecule has 0 saturated heterocycles. The molecule has 2 rings (SSSR count). The van der Waals surface area contributed by atoms with Crippen LogP contribution in [0.5, 0.6) is 0 Å². The van der Waals surface area contributed by atoms with Crippen LogP contribution in [0.4, 0.5) is 0 Å². The average Bonchev–Trinajstić information content (AvgIpc) is 2.36. The van der Waals surface area contributed by atoms with E-state index in [9.17, 15) is 9.59 Å². The smallest absolute Gasteiger partial charge is 0.302 e. The first-order valence-electron chi connectivity index (χ1n) is 7.37. The lowest BCUT2D eigenvalue weighted by Crippen LogP contribution is -2.60. The number of allylic oxidation sites excluding steroid dienone is 2. The molecule has 3 nitrogen and oxygen atoms in total. The van der Waals surface area contributed by atoms with Crippen LogP contribution in [0.15, 0.2) is 24.3 Å². The predicted octanol–water partition coefficient (Wildman–Crippen LogP) is 4.18. The summed E-state index contributed by atoms with van der Waals surface area (Å²) in [6.07, 6.45) is 4.05. The van der Waals surface area contributed by atoms with Crippen molar-refractivity contribution in [3.8, 4) is 0 Å². The number of halogens is 2. The number of alkyl halides is 2. The van der Waals surface area contributed by atoms with Gasteiger partial charge in [0.05, 0.1) is 4.87 Å². The topological polar surface area (TPSA) is 43.4 Å². The third-order valence-electron chi connectivity index (χ3n) is 5.23. The second-order valence-corrected chi connectivity index (χ2v) is 9.09. The second kappa shape index (κ2) is 5.48. The molecule has 1 saturated carbocycles. The summed E-state index contributed by atoms with van der Waals surface area (Å²) in [5, 5.41) is 0. The van der Waals surface area contributed by atoms with Crippen LogP contribution in [0.25, 0.3) is 0 Å². The summed E-state index contributed by atoms with van der Waals surface area (Å²) in [5.74, 6) is -0.468. The van der Waals surface area contributed by atoms with E-state index in [1.54, 1.807) is 6.08 Å². The Morgan fingerprint density at radius 2 is 2.00 bits per heavy atom. The first kappa shape index (κ1) is 17.7. The van der Waals surface area contributed by atoms with Crippen LogP contribution in [0.2, 0.25) is 0 Å². The number of carbonyl (C=O) groups excluding carboxylic acids is 2. The molecule has 0 aromatic rings. The molecule has 2 aliphatic rings. The number of esters is 1. The molecule has 0 aromatic heterocycles. The van der Waals surface area contributed by atoms with Gasteiger partial charge >= 0.3 is 5.97 Å². The van der Waals surface area contributed by atoms with Crippen molar-refractivity contribution in [3.63, 3.8) is 0 Å². The van der Waals surface area contributed by atoms with E-state index >= 15 is 0 Å². The van der Waals surface area contributed by atoms with Crippen LogP contribution in [0, 0.1) is 10.8 Å².